The number of carbonyl (C=O) groups is 13. The van der Waals surface area contributed by atoms with E-state index in [2.05, 4.69) is 78.4 Å². The molecule has 0 radical (unpaired) electrons. The number of aromatic hydroxyl groups is 1. The molecule has 0 aliphatic carbocycles. The lowest BCUT2D eigenvalue weighted by Gasteiger charge is -2.35. The monoisotopic (exact) mass is 1450 g/mol. The summed E-state index contributed by atoms with van der Waals surface area (Å²) in [5.74, 6) is -13.3. The third kappa shape index (κ3) is 23.9. The second-order valence-electron chi connectivity index (χ2n) is 25.6. The molecular formula is C66H100N16O17S2. The van der Waals surface area contributed by atoms with E-state index in [0.29, 0.717) is 43.2 Å². The molecule has 2 aromatic rings. The van der Waals surface area contributed by atoms with Crippen LogP contribution in [0.5, 0.6) is 5.75 Å². The molecule has 0 unspecified atom stereocenters. The Balaban J connectivity index is 1.28. The van der Waals surface area contributed by atoms with Crippen molar-refractivity contribution in [1.29, 1.82) is 5.41 Å². The molecular weight excluding hydrogens is 1350 g/mol. The highest BCUT2D eigenvalue weighted by Crippen LogP contribution is 2.28. The Labute approximate surface area is 597 Å². The highest BCUT2D eigenvalue weighted by Gasteiger charge is 2.46. The number of phenols is 1. The van der Waals surface area contributed by atoms with E-state index in [9.17, 15) is 82.8 Å². The van der Waals surface area contributed by atoms with Crippen LogP contribution in [0, 0.1) is 17.2 Å². The third-order valence-electron chi connectivity index (χ3n) is 18.3. The van der Waals surface area contributed by atoms with Crippen molar-refractivity contribution in [3.8, 4) is 5.75 Å². The molecule has 0 aromatic heterocycles. The smallest absolute Gasteiger partial charge is 0.326 e. The number of thiol groups is 2. The SMILES string of the molecule is CC[C@H](C)[C@H](NC(=O)[C@@H]1CCCN1C(=O)[C@@H]1CCCN1C(=O)[C@@H](NC(=O)[C@H](CO)NC(=O)[C@H](Cc1ccc(O)cc1)NC(=O)[C@@H](NC(=O)[C@H](CS)NC(=O)[C@H](CCCNC(=N)N)NC(=O)CN)[C@@H](C)O)[C@@H](C)CC)C(=O)N[C@@H](CS)C(=O)N[C@@H](Cc1ccccc1)C(=O)N1CCC[C@H]1C(=O)O. The van der Waals surface area contributed by atoms with Gasteiger partial charge in [0.2, 0.25) is 70.9 Å². The lowest BCUT2D eigenvalue weighted by molar-refractivity contribution is -0.149. The first-order valence-electron chi connectivity index (χ1n) is 34.0. The topological polar surface area (TPSA) is 509 Å². The van der Waals surface area contributed by atoms with Crippen LogP contribution in [0.3, 0.4) is 0 Å². The fraction of sp³-hybridized carbons (Fsp3) is 0.606. The Kier molecular flexibility index (Phi) is 33.3. The van der Waals surface area contributed by atoms with E-state index < -0.39 is 180 Å². The number of carbonyl (C=O) groups excluding carboxylic acids is 12. The van der Waals surface area contributed by atoms with Crippen LogP contribution >= 0.6 is 25.3 Å². The third-order valence-corrected chi connectivity index (χ3v) is 19.0. The molecule has 3 aliphatic heterocycles. The van der Waals surface area contributed by atoms with E-state index in [1.54, 1.807) is 58.0 Å². The number of nitrogens with two attached hydrogens (primary N) is 2. The summed E-state index contributed by atoms with van der Waals surface area (Å²) in [6.07, 6.45) is 0.714. The molecule has 2 aromatic carbocycles. The standard InChI is InChI=1S/C66H100N16O17S2/c1-6-35(3)51(60(93)76-45(33-100)57(90)73-43(30-38-15-9-8-10-16-38)62(95)82-28-14-20-49(82)65(98)99)77-59(92)47-18-12-26-80(47)63(96)48-19-13-27-81(48)64(97)52(36(4)7-2)78-56(89)44(32-83)74-55(88)42(29-39-21-23-40(85)24-22-39)72-61(94)53(37(5)84)79-58(91)46(34-101)75-54(87)41(71-50(86)31-67)17-11-25-70-66(68)69/h8-10,15-16,21-24,35-37,41-49,51-53,83-85,100-101H,6-7,11-14,17-20,25-34,67H2,1-5H3,(H,71,86)(H,72,94)(H,73,90)(H,74,88)(H,75,87)(H,76,93)(H,77,92)(H,78,89)(H,79,91)(H,98,99)(H4,68,69,70)/t35-,36-,37+,41-,42-,43-,44-,45-,46-,47-,48-,49-,51-,52-,53-/m0/s1. The van der Waals surface area contributed by atoms with Crippen LogP contribution in [0.25, 0.3) is 0 Å². The Bertz CT molecular complexity index is 3230. The van der Waals surface area contributed by atoms with Gasteiger partial charge in [0, 0.05) is 50.5 Å². The van der Waals surface area contributed by atoms with Gasteiger partial charge in [-0.15, -0.1) is 0 Å². The van der Waals surface area contributed by atoms with Gasteiger partial charge in [0.15, 0.2) is 5.96 Å². The van der Waals surface area contributed by atoms with Crippen molar-refractivity contribution in [3.63, 3.8) is 0 Å². The zero-order chi connectivity index (χ0) is 74.8. The Morgan fingerprint density at radius 2 is 1.02 bits per heavy atom. The van der Waals surface area contributed by atoms with Crippen molar-refractivity contribution in [1.82, 2.24) is 67.9 Å². The molecule has 3 saturated heterocycles. The van der Waals surface area contributed by atoms with Crippen LogP contribution < -0.4 is 64.6 Å². The van der Waals surface area contributed by atoms with Gasteiger partial charge in [0.1, 0.15) is 78.3 Å². The molecule has 558 valence electrons. The minimum Gasteiger partial charge on any atom is -0.508 e. The maximum Gasteiger partial charge on any atom is 0.326 e. The molecule has 3 aliphatic rings. The first-order chi connectivity index (χ1) is 48.0. The molecule has 3 heterocycles. The average molecular weight is 1450 g/mol. The van der Waals surface area contributed by atoms with Gasteiger partial charge in [0.05, 0.1) is 19.3 Å². The summed E-state index contributed by atoms with van der Waals surface area (Å²) in [5.41, 5.74) is 11.8. The lowest BCUT2D eigenvalue weighted by atomic mass is 9.96. The normalized spacial score (nSPS) is 19.3. The first-order valence-corrected chi connectivity index (χ1v) is 35.3. The number of carboxylic acid groups (broad SMARTS) is 1. The summed E-state index contributed by atoms with van der Waals surface area (Å²) in [6, 6.07) is -2.13. The minimum atomic E-state index is -1.82. The van der Waals surface area contributed by atoms with Gasteiger partial charge in [0.25, 0.3) is 0 Å². The minimum absolute atomic E-state index is 0.0103. The molecule has 12 amide bonds. The molecule has 33 nitrogen and oxygen atoms in total. The van der Waals surface area contributed by atoms with Crippen LogP contribution in [0.1, 0.15) is 110 Å². The molecule has 15 atom stereocenters. The van der Waals surface area contributed by atoms with Crippen LogP contribution in [-0.4, -0.2) is 247 Å². The number of likely N-dealkylation sites (tertiary alicyclic amines) is 3. The second kappa shape index (κ2) is 40.6. The highest BCUT2D eigenvalue weighted by atomic mass is 32.1. The number of hydrogen-bond acceptors (Lipinski definition) is 20. The van der Waals surface area contributed by atoms with Crippen molar-refractivity contribution in [2.45, 2.75) is 190 Å². The van der Waals surface area contributed by atoms with Gasteiger partial charge in [-0.3, -0.25) is 62.9 Å². The van der Waals surface area contributed by atoms with Crippen LogP contribution in [0.15, 0.2) is 54.6 Å². The number of aliphatic hydroxyl groups excluding tert-OH is 2. The number of nitrogens with one attached hydrogen (secondary N) is 11. The summed E-state index contributed by atoms with van der Waals surface area (Å²) in [7, 11) is 0. The first kappa shape index (κ1) is 82.9. The van der Waals surface area contributed by atoms with E-state index in [1.807, 2.05) is 0 Å². The van der Waals surface area contributed by atoms with Gasteiger partial charge in [-0.05, 0) is 93.4 Å². The maximum atomic E-state index is 14.9. The summed E-state index contributed by atoms with van der Waals surface area (Å²) in [4.78, 5) is 185. The number of nitrogens with zero attached hydrogens (tertiary/aromatic N) is 3. The fourth-order valence-corrected chi connectivity index (χ4v) is 12.6. The summed E-state index contributed by atoms with van der Waals surface area (Å²) in [5, 5.41) is 74.4. The molecule has 3 fully saturated rings. The van der Waals surface area contributed by atoms with Gasteiger partial charge < -0.3 is 99.8 Å². The maximum absolute atomic E-state index is 14.9. The average Bonchev–Trinajstić information content (AvgIpc) is 1.70. The van der Waals surface area contributed by atoms with E-state index in [0.717, 1.165) is 6.92 Å². The summed E-state index contributed by atoms with van der Waals surface area (Å²) in [6.45, 7) is 7.06. The van der Waals surface area contributed by atoms with Gasteiger partial charge >= 0.3 is 5.97 Å². The summed E-state index contributed by atoms with van der Waals surface area (Å²) >= 11 is 8.55. The molecule has 35 heteroatoms. The number of aliphatic hydroxyl groups is 2. The van der Waals surface area contributed by atoms with Crippen LogP contribution in [0.4, 0.5) is 0 Å². The molecule has 0 bridgehead atoms. The molecule has 5 rings (SSSR count). The number of carboxylic acids is 1. The zero-order valence-electron chi connectivity index (χ0n) is 57.5. The quantitative estimate of drug-likeness (QED) is 0.0132. The molecule has 0 spiro atoms. The van der Waals surface area contributed by atoms with Crippen molar-refractivity contribution in [2.24, 2.45) is 23.3 Å². The van der Waals surface area contributed by atoms with E-state index >= 15 is 0 Å². The fourth-order valence-electron chi connectivity index (χ4n) is 12.1. The number of phenolic OH excluding ortho intramolecular Hbond substituents is 1. The van der Waals surface area contributed by atoms with E-state index in [1.165, 1.54) is 39.0 Å². The molecule has 19 N–H and O–H groups in total. The van der Waals surface area contributed by atoms with Crippen molar-refractivity contribution < 1.29 is 82.8 Å². The largest absolute Gasteiger partial charge is 0.508 e. The van der Waals surface area contributed by atoms with E-state index in [4.69, 9.17) is 16.9 Å². The summed E-state index contributed by atoms with van der Waals surface area (Å²) < 4.78 is 0. The predicted octanol–water partition coefficient (Wildman–Crippen LogP) is -3.85. The Morgan fingerprint density at radius 1 is 0.554 bits per heavy atom. The number of amides is 12. The Morgan fingerprint density at radius 3 is 1.58 bits per heavy atom. The van der Waals surface area contributed by atoms with Crippen LogP contribution in [0.2, 0.25) is 0 Å². The van der Waals surface area contributed by atoms with Gasteiger partial charge in [-0.2, -0.15) is 25.3 Å². The number of rotatable bonds is 38. The number of guanidine groups is 1. The molecule has 101 heavy (non-hydrogen) atoms. The molecule has 0 saturated carbocycles. The van der Waals surface area contributed by atoms with Crippen molar-refractivity contribution in [2.75, 3.05) is 50.8 Å². The van der Waals surface area contributed by atoms with E-state index in [-0.39, 0.29) is 94.3 Å². The van der Waals surface area contributed by atoms with Gasteiger partial charge in [-0.25, -0.2) is 4.79 Å². The van der Waals surface area contributed by atoms with Crippen molar-refractivity contribution in [3.05, 3.63) is 65.7 Å². The second-order valence-corrected chi connectivity index (χ2v) is 26.3. The highest BCUT2D eigenvalue weighted by molar-refractivity contribution is 7.80. The van der Waals surface area contributed by atoms with Gasteiger partial charge in [-0.1, -0.05) is 83.0 Å². The van der Waals surface area contributed by atoms with Crippen molar-refractivity contribution >= 4 is 108 Å². The lowest BCUT2D eigenvalue weighted by Crippen LogP contribution is -2.63. The zero-order valence-corrected chi connectivity index (χ0v) is 59.3. The van der Waals surface area contributed by atoms with Crippen LogP contribution in [-0.2, 0) is 75.2 Å². The number of aliphatic carboxylic acids is 1. The predicted molar refractivity (Wildman–Crippen MR) is 375 cm³/mol. The number of hydrogen-bond donors (Lipinski definition) is 19. The Hall–Kier alpha value is -8.80. The number of benzene rings is 2.